The van der Waals surface area contributed by atoms with Crippen molar-refractivity contribution in [3.05, 3.63) is 12.7 Å². The molecule has 2 atom stereocenters. The highest BCUT2D eigenvalue weighted by Crippen LogP contribution is 2.41. The molecule has 2 nitrogen and oxygen atoms in total. The Morgan fingerprint density at radius 3 is 2.59 bits per heavy atom. The summed E-state index contributed by atoms with van der Waals surface area (Å²) in [5.74, 6) is -2.84. The molecule has 1 amide bonds. The predicted molar refractivity (Wildman–Crippen MR) is 59.3 cm³/mol. The minimum Gasteiger partial charge on any atom is -0.356 e. The maximum Gasteiger partial charge on any atom is 0.392 e. The zero-order valence-electron chi connectivity index (χ0n) is 9.72. The third-order valence-electron chi connectivity index (χ3n) is 3.17. The molecule has 0 saturated heterocycles. The Balaban J connectivity index is 2.58. The number of hydrogen-bond acceptors (Lipinski definition) is 1. The number of carbonyl (C=O) groups is 1. The molecule has 2 unspecified atom stereocenters. The van der Waals surface area contributed by atoms with Crippen LogP contribution in [0.1, 0.15) is 32.1 Å². The van der Waals surface area contributed by atoms with Gasteiger partial charge < -0.3 is 5.32 Å². The number of amides is 1. The van der Waals surface area contributed by atoms with Gasteiger partial charge in [0.25, 0.3) is 0 Å². The Morgan fingerprint density at radius 2 is 2.00 bits per heavy atom. The number of hydrogen-bond donors (Lipinski definition) is 1. The van der Waals surface area contributed by atoms with E-state index >= 15 is 0 Å². The third kappa shape index (κ3) is 4.06. The molecule has 0 aromatic rings. The van der Waals surface area contributed by atoms with E-state index in [1.54, 1.807) is 6.08 Å². The first-order chi connectivity index (χ1) is 7.96. The second-order valence-electron chi connectivity index (χ2n) is 4.41. The lowest BCUT2D eigenvalue weighted by atomic mass is 9.78. The molecular formula is C12H18F3NO. The summed E-state index contributed by atoms with van der Waals surface area (Å²) < 4.78 is 38.2. The first-order valence-corrected chi connectivity index (χ1v) is 5.92. The van der Waals surface area contributed by atoms with E-state index < -0.39 is 23.9 Å². The zero-order valence-corrected chi connectivity index (χ0v) is 9.72. The van der Waals surface area contributed by atoms with E-state index in [4.69, 9.17) is 0 Å². The molecule has 1 fully saturated rings. The molecule has 1 aliphatic rings. The lowest BCUT2D eigenvalue weighted by Crippen LogP contribution is -2.42. The van der Waals surface area contributed by atoms with Crippen LogP contribution in [0, 0.1) is 11.8 Å². The summed E-state index contributed by atoms with van der Waals surface area (Å²) >= 11 is 0. The Bertz CT molecular complexity index is 275. The number of nitrogens with one attached hydrogen (secondary N) is 1. The number of rotatable bonds is 4. The molecule has 0 aromatic carbocycles. The quantitative estimate of drug-likeness (QED) is 0.602. The van der Waals surface area contributed by atoms with E-state index in [-0.39, 0.29) is 6.42 Å². The molecule has 0 aromatic heterocycles. The van der Waals surface area contributed by atoms with Gasteiger partial charge in [-0.05, 0) is 19.3 Å². The van der Waals surface area contributed by atoms with Crippen molar-refractivity contribution < 1.29 is 18.0 Å². The van der Waals surface area contributed by atoms with Gasteiger partial charge in [0.1, 0.15) is 0 Å². The molecule has 0 aliphatic heterocycles. The highest BCUT2D eigenvalue weighted by molar-refractivity contribution is 5.79. The summed E-state index contributed by atoms with van der Waals surface area (Å²) in [6.07, 6.45) is -0.391. The van der Waals surface area contributed by atoms with E-state index in [0.717, 1.165) is 0 Å². The van der Waals surface area contributed by atoms with Crippen molar-refractivity contribution >= 4 is 5.91 Å². The maximum atomic E-state index is 12.7. The van der Waals surface area contributed by atoms with Crippen LogP contribution in [-0.2, 0) is 4.79 Å². The predicted octanol–water partition coefficient (Wildman–Crippen LogP) is 3.05. The van der Waals surface area contributed by atoms with Gasteiger partial charge >= 0.3 is 6.18 Å². The third-order valence-corrected chi connectivity index (χ3v) is 3.17. The highest BCUT2D eigenvalue weighted by atomic mass is 19.4. The largest absolute Gasteiger partial charge is 0.392 e. The average molecular weight is 249 g/mol. The molecule has 1 rings (SSSR count). The minimum absolute atomic E-state index is 0.0725. The summed E-state index contributed by atoms with van der Waals surface area (Å²) in [6.45, 7) is 3.86. The van der Waals surface area contributed by atoms with Crippen molar-refractivity contribution in [3.63, 3.8) is 0 Å². The van der Waals surface area contributed by atoms with Crippen molar-refractivity contribution in [2.45, 2.75) is 38.3 Å². The van der Waals surface area contributed by atoms with Crippen molar-refractivity contribution in [1.82, 2.24) is 5.32 Å². The Labute approximate surface area is 99.3 Å². The fraction of sp³-hybridized carbons (Fsp3) is 0.750. The molecule has 5 heteroatoms. The van der Waals surface area contributed by atoms with Crippen LogP contribution >= 0.6 is 0 Å². The van der Waals surface area contributed by atoms with Gasteiger partial charge in [0.2, 0.25) is 5.91 Å². The molecule has 1 aliphatic carbocycles. The molecule has 0 bridgehead atoms. The maximum absolute atomic E-state index is 12.7. The molecule has 1 saturated carbocycles. The van der Waals surface area contributed by atoms with Crippen molar-refractivity contribution in [1.29, 1.82) is 0 Å². The van der Waals surface area contributed by atoms with Gasteiger partial charge in [-0.1, -0.05) is 18.9 Å². The summed E-state index contributed by atoms with van der Waals surface area (Å²) in [6, 6.07) is 0. The van der Waals surface area contributed by atoms with E-state index in [2.05, 4.69) is 11.9 Å². The van der Waals surface area contributed by atoms with Crippen molar-refractivity contribution in [3.8, 4) is 0 Å². The molecule has 0 heterocycles. The summed E-state index contributed by atoms with van der Waals surface area (Å²) in [7, 11) is 0. The van der Waals surface area contributed by atoms with Crippen LogP contribution in [0.25, 0.3) is 0 Å². The summed E-state index contributed by atoms with van der Waals surface area (Å²) in [4.78, 5) is 11.7. The van der Waals surface area contributed by atoms with Gasteiger partial charge in [-0.25, -0.2) is 0 Å². The smallest absolute Gasteiger partial charge is 0.356 e. The SMILES string of the molecule is C=CCCNC(=O)C1CCCCC1C(F)(F)F. The van der Waals surface area contributed by atoms with Crippen molar-refractivity contribution in [2.75, 3.05) is 6.54 Å². The van der Waals surface area contributed by atoms with Gasteiger partial charge in [-0.15, -0.1) is 6.58 Å². The van der Waals surface area contributed by atoms with Crippen LogP contribution in [0.2, 0.25) is 0 Å². The Morgan fingerprint density at radius 1 is 1.35 bits per heavy atom. The summed E-state index contributed by atoms with van der Waals surface area (Å²) in [5.41, 5.74) is 0. The first kappa shape index (κ1) is 14.1. The van der Waals surface area contributed by atoms with E-state index in [0.29, 0.717) is 32.2 Å². The number of alkyl halides is 3. The van der Waals surface area contributed by atoms with Crippen LogP contribution in [0.5, 0.6) is 0 Å². The molecular weight excluding hydrogens is 231 g/mol. The fourth-order valence-corrected chi connectivity index (χ4v) is 2.27. The van der Waals surface area contributed by atoms with E-state index in [1.165, 1.54) is 0 Å². The molecule has 1 N–H and O–H groups in total. The van der Waals surface area contributed by atoms with Crippen LogP contribution in [0.15, 0.2) is 12.7 Å². The van der Waals surface area contributed by atoms with Crippen LogP contribution < -0.4 is 5.32 Å². The van der Waals surface area contributed by atoms with Crippen molar-refractivity contribution in [2.24, 2.45) is 11.8 Å². The first-order valence-electron chi connectivity index (χ1n) is 5.92. The Hall–Kier alpha value is -1.00. The normalized spacial score (nSPS) is 25.4. The molecule has 0 radical (unpaired) electrons. The van der Waals surface area contributed by atoms with Gasteiger partial charge in [0, 0.05) is 12.5 Å². The van der Waals surface area contributed by atoms with E-state index in [9.17, 15) is 18.0 Å². The fourth-order valence-electron chi connectivity index (χ4n) is 2.27. The topological polar surface area (TPSA) is 29.1 Å². The second-order valence-corrected chi connectivity index (χ2v) is 4.41. The van der Waals surface area contributed by atoms with Gasteiger partial charge in [0.05, 0.1) is 5.92 Å². The molecule has 98 valence electrons. The number of halogens is 3. The molecule has 17 heavy (non-hydrogen) atoms. The number of carbonyl (C=O) groups excluding carboxylic acids is 1. The van der Waals surface area contributed by atoms with Crippen LogP contribution in [-0.4, -0.2) is 18.6 Å². The standard InChI is InChI=1S/C12H18F3NO/c1-2-3-8-16-11(17)9-6-4-5-7-10(9)12(13,14)15/h2,9-10H,1,3-8H2,(H,16,17). The second kappa shape index (κ2) is 6.07. The van der Waals surface area contributed by atoms with E-state index in [1.807, 2.05) is 0 Å². The van der Waals surface area contributed by atoms with Gasteiger partial charge in [-0.2, -0.15) is 13.2 Å². The lowest BCUT2D eigenvalue weighted by Gasteiger charge is -2.31. The van der Waals surface area contributed by atoms with Crippen LogP contribution in [0.4, 0.5) is 13.2 Å². The summed E-state index contributed by atoms with van der Waals surface area (Å²) in [5, 5.41) is 2.55. The molecule has 0 spiro atoms. The average Bonchev–Trinajstić information content (AvgIpc) is 2.28. The zero-order chi connectivity index (χ0) is 12.9. The monoisotopic (exact) mass is 249 g/mol. The lowest BCUT2D eigenvalue weighted by molar-refractivity contribution is -0.198. The van der Waals surface area contributed by atoms with Gasteiger partial charge in [-0.3, -0.25) is 4.79 Å². The minimum atomic E-state index is -4.26. The van der Waals surface area contributed by atoms with Gasteiger partial charge in [0.15, 0.2) is 0 Å². The Kier molecular flexibility index (Phi) is 5.02. The van der Waals surface area contributed by atoms with Crippen LogP contribution in [0.3, 0.4) is 0 Å². The highest BCUT2D eigenvalue weighted by Gasteiger charge is 2.47.